The molecule has 1 spiro atoms. The molecular formula is C28H35FN4O3. The van der Waals surface area contributed by atoms with E-state index in [0.717, 1.165) is 31.2 Å². The average Bonchev–Trinajstić information content (AvgIpc) is 3.13. The van der Waals surface area contributed by atoms with Crippen LogP contribution in [0.4, 0.5) is 9.18 Å². The van der Waals surface area contributed by atoms with Gasteiger partial charge in [0.2, 0.25) is 5.91 Å². The fraction of sp³-hybridized carbons (Fsp3) is 0.500. The quantitative estimate of drug-likeness (QED) is 0.632. The first-order chi connectivity index (χ1) is 17.5. The molecule has 2 saturated heterocycles. The molecule has 0 radical (unpaired) electrons. The van der Waals surface area contributed by atoms with Gasteiger partial charge in [-0.2, -0.15) is 0 Å². The van der Waals surface area contributed by atoms with E-state index in [1.807, 2.05) is 30.3 Å². The number of carbonyl (C=O) groups excluding carboxylic acids is 2. The Morgan fingerprint density at radius 2 is 1.72 bits per heavy atom. The van der Waals surface area contributed by atoms with Crippen molar-refractivity contribution in [2.24, 2.45) is 0 Å². The van der Waals surface area contributed by atoms with Crippen molar-refractivity contribution in [1.82, 2.24) is 20.6 Å². The third-order valence-electron chi connectivity index (χ3n) is 7.78. The smallest absolute Gasteiger partial charge is 0.351 e. The number of hydrogen-bond donors (Lipinski definition) is 2. The number of benzene rings is 2. The number of rotatable bonds is 6. The Morgan fingerprint density at radius 1 is 1.03 bits per heavy atom. The zero-order valence-corrected chi connectivity index (χ0v) is 20.6. The standard InChI is InChI=1S/C28H35FN4O3/c29-24-14-8-7-11-22(24)20-33-26(34)25(19-21-9-3-1-4-10-21)31-28(33)15-17-32(18-16-28)36-27(35)30-23-12-5-2-6-13-23/h1,3-4,7-11,14,23,25,31H,2,5-6,12-13,15-20H2,(H,30,35). The lowest BCUT2D eigenvalue weighted by atomic mass is 9.96. The maximum Gasteiger partial charge on any atom is 0.426 e. The SMILES string of the molecule is O=C(NC1CCCCC1)ON1CCC2(CC1)NC(Cc1ccccc1)C(=O)N2Cc1ccccc1F. The number of hydrogen-bond acceptors (Lipinski definition) is 5. The van der Waals surface area contributed by atoms with Gasteiger partial charge in [-0.1, -0.05) is 67.8 Å². The molecule has 1 saturated carbocycles. The van der Waals surface area contributed by atoms with Crippen molar-refractivity contribution in [2.45, 2.75) is 75.7 Å². The number of hydroxylamine groups is 2. The van der Waals surface area contributed by atoms with Crippen molar-refractivity contribution in [3.05, 3.63) is 71.5 Å². The van der Waals surface area contributed by atoms with Crippen LogP contribution < -0.4 is 10.6 Å². The van der Waals surface area contributed by atoms with E-state index in [-0.39, 0.29) is 30.4 Å². The Morgan fingerprint density at radius 3 is 2.44 bits per heavy atom. The summed E-state index contributed by atoms with van der Waals surface area (Å²) in [5, 5.41) is 8.28. The lowest BCUT2D eigenvalue weighted by Gasteiger charge is -2.44. The third kappa shape index (κ3) is 5.55. The van der Waals surface area contributed by atoms with Crippen molar-refractivity contribution in [1.29, 1.82) is 0 Å². The molecule has 3 aliphatic rings. The summed E-state index contributed by atoms with van der Waals surface area (Å²) in [5.74, 6) is -0.335. The molecule has 0 aromatic heterocycles. The largest absolute Gasteiger partial charge is 0.426 e. The average molecular weight is 495 g/mol. The summed E-state index contributed by atoms with van der Waals surface area (Å²) in [6.07, 6.45) is 6.82. The third-order valence-corrected chi connectivity index (χ3v) is 7.78. The van der Waals surface area contributed by atoms with E-state index < -0.39 is 11.8 Å². The molecular weight excluding hydrogens is 459 g/mol. The van der Waals surface area contributed by atoms with Crippen LogP contribution in [0.25, 0.3) is 0 Å². The second-order valence-electron chi connectivity index (χ2n) is 10.2. The molecule has 36 heavy (non-hydrogen) atoms. The molecule has 2 N–H and O–H groups in total. The zero-order chi connectivity index (χ0) is 25.0. The molecule has 2 heterocycles. The van der Waals surface area contributed by atoms with E-state index in [0.29, 0.717) is 37.9 Å². The van der Waals surface area contributed by atoms with Crippen LogP contribution in [0, 0.1) is 5.82 Å². The molecule has 2 aromatic rings. The predicted molar refractivity (Wildman–Crippen MR) is 134 cm³/mol. The Hall–Kier alpha value is -2.97. The molecule has 2 aromatic carbocycles. The molecule has 8 heteroatoms. The Kier molecular flexibility index (Phi) is 7.53. The van der Waals surface area contributed by atoms with Gasteiger partial charge in [0.1, 0.15) is 5.82 Å². The molecule has 1 unspecified atom stereocenters. The Labute approximate surface area is 211 Å². The molecule has 2 aliphatic heterocycles. The molecule has 192 valence electrons. The van der Waals surface area contributed by atoms with E-state index in [4.69, 9.17) is 4.84 Å². The predicted octanol–water partition coefficient (Wildman–Crippen LogP) is 4.13. The molecule has 0 bridgehead atoms. The number of nitrogens with one attached hydrogen (secondary N) is 2. The van der Waals surface area contributed by atoms with Gasteiger partial charge in [0, 0.05) is 37.5 Å². The normalized spacial score (nSPS) is 22.6. The summed E-state index contributed by atoms with van der Waals surface area (Å²) in [6.45, 7) is 1.18. The van der Waals surface area contributed by atoms with Gasteiger partial charge in [-0.25, -0.2) is 9.18 Å². The van der Waals surface area contributed by atoms with Crippen molar-refractivity contribution in [2.75, 3.05) is 13.1 Å². The minimum Gasteiger partial charge on any atom is -0.351 e. The van der Waals surface area contributed by atoms with Crippen molar-refractivity contribution < 1.29 is 18.8 Å². The van der Waals surface area contributed by atoms with Crippen LogP contribution in [0.2, 0.25) is 0 Å². The van der Waals surface area contributed by atoms with Gasteiger partial charge < -0.3 is 15.1 Å². The van der Waals surface area contributed by atoms with E-state index in [9.17, 15) is 14.0 Å². The highest BCUT2D eigenvalue weighted by molar-refractivity contribution is 5.85. The van der Waals surface area contributed by atoms with Crippen molar-refractivity contribution in [3.63, 3.8) is 0 Å². The van der Waals surface area contributed by atoms with Crippen molar-refractivity contribution in [3.8, 4) is 0 Å². The van der Waals surface area contributed by atoms with Gasteiger partial charge in [-0.05, 0) is 30.9 Å². The number of carbonyl (C=O) groups is 2. The summed E-state index contributed by atoms with van der Waals surface area (Å²) in [7, 11) is 0. The first-order valence-electron chi connectivity index (χ1n) is 13.1. The van der Waals surface area contributed by atoms with Gasteiger partial charge in [0.25, 0.3) is 0 Å². The molecule has 3 fully saturated rings. The Bertz CT molecular complexity index is 1050. The number of piperidine rings is 1. The number of amides is 2. The minimum atomic E-state index is -0.613. The summed E-state index contributed by atoms with van der Waals surface area (Å²) in [4.78, 5) is 33.5. The van der Waals surface area contributed by atoms with E-state index in [2.05, 4.69) is 10.6 Å². The maximum atomic E-state index is 14.5. The fourth-order valence-corrected chi connectivity index (χ4v) is 5.80. The highest BCUT2D eigenvalue weighted by atomic mass is 19.1. The van der Waals surface area contributed by atoms with Crippen LogP contribution in [0.3, 0.4) is 0 Å². The summed E-state index contributed by atoms with van der Waals surface area (Å²) >= 11 is 0. The van der Waals surface area contributed by atoms with Crippen LogP contribution in [-0.2, 0) is 22.6 Å². The Balaban J connectivity index is 1.27. The van der Waals surface area contributed by atoms with Gasteiger partial charge in [-0.15, -0.1) is 5.06 Å². The number of halogens is 1. The van der Waals surface area contributed by atoms with Gasteiger partial charge in [-0.3, -0.25) is 10.1 Å². The van der Waals surface area contributed by atoms with Gasteiger partial charge in [0.15, 0.2) is 0 Å². The van der Waals surface area contributed by atoms with Gasteiger partial charge in [0.05, 0.1) is 18.2 Å². The summed E-state index contributed by atoms with van der Waals surface area (Å²) in [5.41, 5.74) is 0.961. The zero-order valence-electron chi connectivity index (χ0n) is 20.6. The monoisotopic (exact) mass is 494 g/mol. The second-order valence-corrected chi connectivity index (χ2v) is 10.2. The second kappa shape index (κ2) is 11.0. The van der Waals surface area contributed by atoms with E-state index in [1.165, 1.54) is 12.5 Å². The maximum absolute atomic E-state index is 14.5. The topological polar surface area (TPSA) is 73.9 Å². The summed E-state index contributed by atoms with van der Waals surface area (Å²) < 4.78 is 14.5. The minimum absolute atomic E-state index is 0.0217. The van der Waals surface area contributed by atoms with Crippen LogP contribution in [0.15, 0.2) is 54.6 Å². The summed E-state index contributed by atoms with van der Waals surface area (Å²) in [6, 6.07) is 16.3. The lowest BCUT2D eigenvalue weighted by Crippen LogP contribution is -2.59. The molecule has 5 rings (SSSR count). The lowest BCUT2D eigenvalue weighted by molar-refractivity contribution is -0.148. The highest BCUT2D eigenvalue weighted by Crippen LogP contribution is 2.35. The molecule has 7 nitrogen and oxygen atoms in total. The molecule has 1 aliphatic carbocycles. The van der Waals surface area contributed by atoms with Crippen LogP contribution in [0.1, 0.15) is 56.1 Å². The molecule has 2 amide bonds. The van der Waals surface area contributed by atoms with Crippen LogP contribution >= 0.6 is 0 Å². The van der Waals surface area contributed by atoms with E-state index in [1.54, 1.807) is 28.2 Å². The molecule has 1 atom stereocenters. The van der Waals surface area contributed by atoms with Crippen molar-refractivity contribution >= 4 is 12.0 Å². The van der Waals surface area contributed by atoms with Crippen LogP contribution in [0.5, 0.6) is 0 Å². The van der Waals surface area contributed by atoms with Gasteiger partial charge >= 0.3 is 6.09 Å². The van der Waals surface area contributed by atoms with E-state index >= 15 is 0 Å². The fourth-order valence-electron chi connectivity index (χ4n) is 5.80. The van der Waals surface area contributed by atoms with Crippen LogP contribution in [-0.4, -0.2) is 52.8 Å². The first-order valence-corrected chi connectivity index (χ1v) is 13.1. The first kappa shape index (κ1) is 24.7. The highest BCUT2D eigenvalue weighted by Gasteiger charge is 2.51. The number of nitrogens with zero attached hydrogens (tertiary/aromatic N) is 2.